The van der Waals surface area contributed by atoms with Crippen molar-refractivity contribution in [3.63, 3.8) is 0 Å². The number of rotatable bonds is 3. The molecule has 0 bridgehead atoms. The topological polar surface area (TPSA) is 45.2 Å². The first kappa shape index (κ1) is 13.2. The molecule has 1 aliphatic rings. The van der Waals surface area contributed by atoms with Crippen molar-refractivity contribution in [2.45, 2.75) is 6.42 Å². The fourth-order valence-electron chi connectivity index (χ4n) is 2.36. The van der Waals surface area contributed by atoms with Crippen LogP contribution in [-0.4, -0.2) is 17.4 Å². The van der Waals surface area contributed by atoms with Crippen LogP contribution in [-0.2, 0) is 4.79 Å². The number of amides is 1. The summed E-state index contributed by atoms with van der Waals surface area (Å²) >= 11 is 0. The molecule has 1 saturated heterocycles. The number of aromatic nitrogens is 1. The van der Waals surface area contributed by atoms with Gasteiger partial charge in [-0.3, -0.25) is 4.79 Å². The Kier molecular flexibility index (Phi) is 3.57. The molecule has 1 fully saturated rings. The Hall–Kier alpha value is -2.80. The highest BCUT2D eigenvalue weighted by Crippen LogP contribution is 2.25. The number of carbonyl (C=O) groups is 1. The maximum atomic E-state index is 11.9. The van der Waals surface area contributed by atoms with E-state index in [4.69, 9.17) is 6.42 Å². The molecule has 4 heteroatoms. The van der Waals surface area contributed by atoms with Gasteiger partial charge in [0.25, 0.3) is 0 Å². The molecule has 0 aliphatic carbocycles. The Bertz CT molecular complexity index is 673. The lowest BCUT2D eigenvalue weighted by Gasteiger charge is -2.16. The molecule has 2 heterocycles. The van der Waals surface area contributed by atoms with Gasteiger partial charge < -0.3 is 10.2 Å². The molecule has 4 nitrogen and oxygen atoms in total. The molecule has 0 spiro atoms. The van der Waals surface area contributed by atoms with Gasteiger partial charge in [-0.1, -0.05) is 18.2 Å². The molecule has 104 valence electrons. The van der Waals surface area contributed by atoms with Gasteiger partial charge in [-0.2, -0.15) is 0 Å². The minimum atomic E-state index is -0.000352. The van der Waals surface area contributed by atoms with Crippen molar-refractivity contribution in [1.29, 1.82) is 0 Å². The molecule has 0 saturated carbocycles. The number of terminal acetylenes is 1. The van der Waals surface area contributed by atoms with E-state index in [1.807, 2.05) is 42.5 Å². The maximum absolute atomic E-state index is 11.9. The lowest BCUT2D eigenvalue weighted by Crippen LogP contribution is -2.24. The number of nitrogens with one attached hydrogen (secondary N) is 1. The van der Waals surface area contributed by atoms with Gasteiger partial charge in [0.2, 0.25) is 5.91 Å². The summed E-state index contributed by atoms with van der Waals surface area (Å²) in [6.07, 6.45) is 7.51. The van der Waals surface area contributed by atoms with Crippen molar-refractivity contribution >= 4 is 23.1 Å². The summed E-state index contributed by atoms with van der Waals surface area (Å²) in [6.45, 7) is 0.572. The summed E-state index contributed by atoms with van der Waals surface area (Å²) in [7, 11) is 0. The number of hydrogen-bond acceptors (Lipinski definition) is 3. The van der Waals surface area contributed by atoms with Crippen molar-refractivity contribution in [2.24, 2.45) is 5.92 Å². The molecule has 1 aliphatic heterocycles. The first-order chi connectivity index (χ1) is 10.3. The summed E-state index contributed by atoms with van der Waals surface area (Å²) in [6, 6.07) is 13.6. The molecule has 1 amide bonds. The highest BCUT2D eigenvalue weighted by atomic mass is 16.2. The van der Waals surface area contributed by atoms with E-state index in [2.05, 4.69) is 16.2 Å². The number of carbonyl (C=O) groups excluding carboxylic acids is 1. The Labute approximate surface area is 123 Å². The van der Waals surface area contributed by atoms with Crippen LogP contribution in [0.1, 0.15) is 6.42 Å². The molecule has 0 radical (unpaired) electrons. The van der Waals surface area contributed by atoms with Crippen molar-refractivity contribution in [3.8, 4) is 12.3 Å². The zero-order valence-corrected chi connectivity index (χ0v) is 11.5. The molecule has 1 N–H and O–H groups in total. The largest absolute Gasteiger partial charge is 0.340 e. The fraction of sp³-hybridized carbons (Fsp3) is 0.176. The van der Waals surface area contributed by atoms with Gasteiger partial charge in [-0.15, -0.1) is 12.3 Å². The standard InChI is InChI=1S/C17H15N3O/c1-2-13-10-17(21)20(12-13)15-8-9-16(18-11-15)19-14-6-4-3-5-7-14/h1,3-9,11,13H,10,12H2,(H,18,19). The van der Waals surface area contributed by atoms with Crippen molar-refractivity contribution in [2.75, 3.05) is 16.8 Å². The van der Waals surface area contributed by atoms with E-state index in [1.54, 1.807) is 11.1 Å². The van der Waals surface area contributed by atoms with E-state index in [1.165, 1.54) is 0 Å². The van der Waals surface area contributed by atoms with Crippen LogP contribution >= 0.6 is 0 Å². The SMILES string of the molecule is C#CC1CC(=O)N(c2ccc(Nc3ccccc3)nc2)C1. The second-order valence-corrected chi connectivity index (χ2v) is 4.96. The van der Waals surface area contributed by atoms with Crippen molar-refractivity contribution in [1.82, 2.24) is 4.98 Å². The van der Waals surface area contributed by atoms with Gasteiger partial charge in [0, 0.05) is 24.6 Å². The normalized spacial score (nSPS) is 17.6. The molecule has 3 rings (SSSR count). The lowest BCUT2D eigenvalue weighted by molar-refractivity contribution is -0.117. The van der Waals surface area contributed by atoms with Crippen LogP contribution in [0.3, 0.4) is 0 Å². The summed E-state index contributed by atoms with van der Waals surface area (Å²) in [4.78, 5) is 18.0. The average molecular weight is 277 g/mol. The van der Waals surface area contributed by atoms with E-state index < -0.39 is 0 Å². The molecular weight excluding hydrogens is 262 g/mol. The molecule has 1 atom stereocenters. The van der Waals surface area contributed by atoms with Gasteiger partial charge in [0.15, 0.2) is 0 Å². The van der Waals surface area contributed by atoms with Crippen LogP contribution in [0.4, 0.5) is 17.2 Å². The Morgan fingerprint density at radius 3 is 2.67 bits per heavy atom. The highest BCUT2D eigenvalue weighted by Gasteiger charge is 2.29. The monoisotopic (exact) mass is 277 g/mol. The zero-order chi connectivity index (χ0) is 14.7. The van der Waals surface area contributed by atoms with E-state index in [9.17, 15) is 4.79 Å². The van der Waals surface area contributed by atoms with E-state index in [0.717, 1.165) is 17.2 Å². The Morgan fingerprint density at radius 1 is 1.24 bits per heavy atom. The van der Waals surface area contributed by atoms with Crippen LogP contribution in [0.25, 0.3) is 0 Å². The second-order valence-electron chi connectivity index (χ2n) is 4.96. The molecule has 1 aromatic heterocycles. The van der Waals surface area contributed by atoms with E-state index in [0.29, 0.717) is 13.0 Å². The van der Waals surface area contributed by atoms with Gasteiger partial charge in [-0.05, 0) is 24.3 Å². The molecule has 2 aromatic rings. The minimum absolute atomic E-state index is 0.000352. The van der Waals surface area contributed by atoms with E-state index >= 15 is 0 Å². The van der Waals surface area contributed by atoms with Gasteiger partial charge in [0.1, 0.15) is 5.82 Å². The van der Waals surface area contributed by atoms with Gasteiger partial charge in [0.05, 0.1) is 11.9 Å². The van der Waals surface area contributed by atoms with Crippen molar-refractivity contribution in [3.05, 3.63) is 48.7 Å². The average Bonchev–Trinajstić information content (AvgIpc) is 2.90. The number of pyridine rings is 1. The number of para-hydroxylation sites is 1. The first-order valence-corrected chi connectivity index (χ1v) is 6.81. The second kappa shape index (κ2) is 5.68. The third kappa shape index (κ3) is 2.87. The summed E-state index contributed by atoms with van der Waals surface area (Å²) in [5.41, 5.74) is 1.76. The van der Waals surface area contributed by atoms with Gasteiger partial charge >= 0.3 is 0 Å². The number of benzene rings is 1. The number of hydrogen-bond donors (Lipinski definition) is 1. The third-order valence-electron chi connectivity index (χ3n) is 3.47. The molecule has 1 unspecified atom stereocenters. The predicted molar refractivity (Wildman–Crippen MR) is 83.3 cm³/mol. The summed E-state index contributed by atoms with van der Waals surface area (Å²) in [5, 5.41) is 3.21. The van der Waals surface area contributed by atoms with Crippen molar-refractivity contribution < 1.29 is 4.79 Å². The van der Waals surface area contributed by atoms with Crippen LogP contribution in [0.5, 0.6) is 0 Å². The third-order valence-corrected chi connectivity index (χ3v) is 3.47. The molecule has 1 aromatic carbocycles. The predicted octanol–water partition coefficient (Wildman–Crippen LogP) is 2.81. The van der Waals surface area contributed by atoms with Crippen LogP contribution in [0.15, 0.2) is 48.7 Å². The summed E-state index contributed by atoms with van der Waals surface area (Å²) in [5.74, 6) is 3.44. The lowest BCUT2D eigenvalue weighted by atomic mass is 10.1. The van der Waals surface area contributed by atoms with Crippen LogP contribution in [0.2, 0.25) is 0 Å². The number of nitrogens with zero attached hydrogens (tertiary/aromatic N) is 2. The first-order valence-electron chi connectivity index (χ1n) is 6.81. The summed E-state index contributed by atoms with van der Waals surface area (Å²) < 4.78 is 0. The van der Waals surface area contributed by atoms with E-state index in [-0.39, 0.29) is 11.8 Å². The smallest absolute Gasteiger partial charge is 0.228 e. The maximum Gasteiger partial charge on any atom is 0.228 e. The van der Waals surface area contributed by atoms with Crippen LogP contribution < -0.4 is 10.2 Å². The quantitative estimate of drug-likeness (QED) is 0.877. The zero-order valence-electron chi connectivity index (χ0n) is 11.5. The minimum Gasteiger partial charge on any atom is -0.340 e. The Balaban J connectivity index is 1.73. The van der Waals surface area contributed by atoms with Gasteiger partial charge in [-0.25, -0.2) is 4.98 Å². The molecule has 21 heavy (non-hydrogen) atoms. The highest BCUT2D eigenvalue weighted by molar-refractivity contribution is 5.96. The van der Waals surface area contributed by atoms with Crippen LogP contribution in [0, 0.1) is 18.3 Å². The number of anilines is 3. The molecular formula is C17H15N3O. The fourth-order valence-corrected chi connectivity index (χ4v) is 2.36. The Morgan fingerprint density at radius 2 is 2.05 bits per heavy atom.